The number of hydrogen-bond donors (Lipinski definition) is 2. The molecular formula is C7H16N2. The minimum Gasteiger partial charge on any atom is -0.328 e. The monoisotopic (exact) mass is 128 g/mol. The molecule has 1 rings (SSSR count). The average Bonchev–Trinajstić information content (AvgIpc) is 1.90. The summed E-state index contributed by atoms with van der Waals surface area (Å²) in [5.41, 5.74) is 5.73. The molecule has 1 heterocycles. The summed E-state index contributed by atoms with van der Waals surface area (Å²) in [4.78, 5) is 0. The normalized spacial score (nSPS) is 32.0. The average molecular weight is 128 g/mol. The van der Waals surface area contributed by atoms with Crippen LogP contribution in [0, 0.1) is 5.92 Å². The quantitative estimate of drug-likeness (QED) is 0.534. The van der Waals surface area contributed by atoms with Gasteiger partial charge >= 0.3 is 0 Å². The second-order valence-corrected chi connectivity index (χ2v) is 2.97. The van der Waals surface area contributed by atoms with Crippen LogP contribution in [-0.4, -0.2) is 19.1 Å². The Bertz CT molecular complexity index is 75.0. The van der Waals surface area contributed by atoms with E-state index < -0.39 is 0 Å². The van der Waals surface area contributed by atoms with Crippen LogP contribution in [0.2, 0.25) is 0 Å². The highest BCUT2D eigenvalue weighted by Gasteiger charge is 2.15. The van der Waals surface area contributed by atoms with Gasteiger partial charge in [-0.2, -0.15) is 0 Å². The first kappa shape index (κ1) is 7.03. The van der Waals surface area contributed by atoms with Crippen LogP contribution in [-0.2, 0) is 0 Å². The van der Waals surface area contributed by atoms with Gasteiger partial charge in [-0.1, -0.05) is 0 Å². The van der Waals surface area contributed by atoms with Gasteiger partial charge in [0, 0.05) is 6.04 Å². The molecule has 54 valence electrons. The summed E-state index contributed by atoms with van der Waals surface area (Å²) in [6.45, 7) is 4.40. The Hall–Kier alpha value is -0.0800. The standard InChI is InChI=1S/C7H16N2/c1-6(8)7-3-2-4-9-5-7/h6-7,9H,2-5,8H2,1H3/t6-,7+/m0/s1. The van der Waals surface area contributed by atoms with Crippen LogP contribution in [0.15, 0.2) is 0 Å². The summed E-state index contributed by atoms with van der Waals surface area (Å²) in [7, 11) is 0. The number of piperidine rings is 1. The molecule has 2 nitrogen and oxygen atoms in total. The van der Waals surface area contributed by atoms with Crippen LogP contribution in [0.4, 0.5) is 0 Å². The molecule has 0 aliphatic carbocycles. The summed E-state index contributed by atoms with van der Waals surface area (Å²) in [6, 6.07) is 0.373. The number of nitrogens with one attached hydrogen (secondary N) is 1. The topological polar surface area (TPSA) is 38.0 Å². The molecule has 9 heavy (non-hydrogen) atoms. The predicted molar refractivity (Wildman–Crippen MR) is 39.2 cm³/mol. The number of rotatable bonds is 1. The lowest BCUT2D eigenvalue weighted by atomic mass is 9.94. The molecule has 0 aromatic rings. The van der Waals surface area contributed by atoms with Crippen molar-refractivity contribution in [3.63, 3.8) is 0 Å². The summed E-state index contributed by atoms with van der Waals surface area (Å²) in [6.07, 6.45) is 2.61. The maximum atomic E-state index is 5.73. The SMILES string of the molecule is C[C@H](N)[C@@H]1CCCNC1. The Balaban J connectivity index is 2.23. The zero-order valence-electron chi connectivity index (χ0n) is 6.06. The highest BCUT2D eigenvalue weighted by atomic mass is 14.9. The fraction of sp³-hybridized carbons (Fsp3) is 1.00. The highest BCUT2D eigenvalue weighted by molar-refractivity contribution is 4.74. The third-order valence-corrected chi connectivity index (χ3v) is 2.08. The van der Waals surface area contributed by atoms with Crippen molar-refractivity contribution in [1.29, 1.82) is 0 Å². The van der Waals surface area contributed by atoms with E-state index in [-0.39, 0.29) is 0 Å². The van der Waals surface area contributed by atoms with Crippen molar-refractivity contribution in [3.8, 4) is 0 Å². The van der Waals surface area contributed by atoms with Gasteiger partial charge in [0.05, 0.1) is 0 Å². The van der Waals surface area contributed by atoms with Crippen LogP contribution in [0.25, 0.3) is 0 Å². The first-order valence-corrected chi connectivity index (χ1v) is 3.77. The van der Waals surface area contributed by atoms with E-state index in [1.807, 2.05) is 0 Å². The largest absolute Gasteiger partial charge is 0.328 e. The first-order chi connectivity index (χ1) is 4.30. The molecule has 0 saturated carbocycles. The van der Waals surface area contributed by atoms with E-state index in [2.05, 4.69) is 12.2 Å². The highest BCUT2D eigenvalue weighted by Crippen LogP contribution is 2.11. The van der Waals surface area contributed by atoms with Gasteiger partial charge in [-0.15, -0.1) is 0 Å². The molecule has 0 bridgehead atoms. The van der Waals surface area contributed by atoms with Gasteiger partial charge in [0.2, 0.25) is 0 Å². The number of hydrogen-bond acceptors (Lipinski definition) is 2. The summed E-state index contributed by atoms with van der Waals surface area (Å²) < 4.78 is 0. The second kappa shape index (κ2) is 3.18. The van der Waals surface area contributed by atoms with E-state index in [1.54, 1.807) is 0 Å². The Morgan fingerprint density at radius 3 is 2.78 bits per heavy atom. The van der Waals surface area contributed by atoms with Gasteiger partial charge in [0.15, 0.2) is 0 Å². The molecule has 0 aromatic carbocycles. The number of nitrogens with two attached hydrogens (primary N) is 1. The fourth-order valence-electron chi connectivity index (χ4n) is 1.33. The zero-order chi connectivity index (χ0) is 6.69. The Morgan fingerprint density at radius 2 is 2.44 bits per heavy atom. The van der Waals surface area contributed by atoms with E-state index in [1.165, 1.54) is 19.4 Å². The van der Waals surface area contributed by atoms with E-state index >= 15 is 0 Å². The smallest absolute Gasteiger partial charge is 0.00508 e. The second-order valence-electron chi connectivity index (χ2n) is 2.97. The molecule has 0 amide bonds. The van der Waals surface area contributed by atoms with E-state index in [0.717, 1.165) is 12.5 Å². The Morgan fingerprint density at radius 1 is 1.67 bits per heavy atom. The van der Waals surface area contributed by atoms with Crippen molar-refractivity contribution in [3.05, 3.63) is 0 Å². The summed E-state index contributed by atoms with van der Waals surface area (Å²) in [5.74, 6) is 0.721. The van der Waals surface area contributed by atoms with Crippen molar-refractivity contribution in [2.24, 2.45) is 11.7 Å². The summed E-state index contributed by atoms with van der Waals surface area (Å²) in [5, 5.41) is 3.34. The van der Waals surface area contributed by atoms with Gasteiger partial charge < -0.3 is 11.1 Å². The van der Waals surface area contributed by atoms with Gasteiger partial charge in [0.25, 0.3) is 0 Å². The van der Waals surface area contributed by atoms with Crippen LogP contribution in [0.1, 0.15) is 19.8 Å². The molecule has 0 aromatic heterocycles. The van der Waals surface area contributed by atoms with Gasteiger partial charge in [-0.25, -0.2) is 0 Å². The fourth-order valence-corrected chi connectivity index (χ4v) is 1.33. The van der Waals surface area contributed by atoms with E-state index in [9.17, 15) is 0 Å². The Labute approximate surface area is 56.8 Å². The molecule has 0 radical (unpaired) electrons. The lowest BCUT2D eigenvalue weighted by molar-refractivity contribution is 0.335. The third-order valence-electron chi connectivity index (χ3n) is 2.08. The molecule has 1 aliphatic rings. The lowest BCUT2D eigenvalue weighted by Crippen LogP contribution is -2.39. The van der Waals surface area contributed by atoms with Crippen molar-refractivity contribution in [2.75, 3.05) is 13.1 Å². The minimum atomic E-state index is 0.373. The van der Waals surface area contributed by atoms with Gasteiger partial charge in [0.1, 0.15) is 0 Å². The molecule has 0 unspecified atom stereocenters. The van der Waals surface area contributed by atoms with Crippen LogP contribution < -0.4 is 11.1 Å². The van der Waals surface area contributed by atoms with Gasteiger partial charge in [-0.3, -0.25) is 0 Å². The zero-order valence-corrected chi connectivity index (χ0v) is 6.06. The molecule has 2 heteroatoms. The molecular weight excluding hydrogens is 112 g/mol. The van der Waals surface area contributed by atoms with Crippen molar-refractivity contribution < 1.29 is 0 Å². The van der Waals surface area contributed by atoms with Gasteiger partial charge in [-0.05, 0) is 38.8 Å². The van der Waals surface area contributed by atoms with E-state index in [4.69, 9.17) is 5.73 Å². The maximum Gasteiger partial charge on any atom is 0.00508 e. The van der Waals surface area contributed by atoms with E-state index in [0.29, 0.717) is 6.04 Å². The molecule has 3 N–H and O–H groups in total. The first-order valence-electron chi connectivity index (χ1n) is 3.77. The predicted octanol–water partition coefficient (Wildman–Crippen LogP) is 0.333. The van der Waals surface area contributed by atoms with Crippen molar-refractivity contribution >= 4 is 0 Å². The minimum absolute atomic E-state index is 0.373. The van der Waals surface area contributed by atoms with Crippen LogP contribution in [0.3, 0.4) is 0 Å². The van der Waals surface area contributed by atoms with Crippen LogP contribution >= 0.6 is 0 Å². The molecule has 2 atom stereocenters. The third kappa shape index (κ3) is 1.95. The Kier molecular flexibility index (Phi) is 2.49. The maximum absolute atomic E-state index is 5.73. The molecule has 1 aliphatic heterocycles. The molecule has 1 saturated heterocycles. The van der Waals surface area contributed by atoms with Crippen LogP contribution in [0.5, 0.6) is 0 Å². The lowest BCUT2D eigenvalue weighted by Gasteiger charge is -2.25. The van der Waals surface area contributed by atoms with Crippen molar-refractivity contribution in [1.82, 2.24) is 5.32 Å². The molecule has 1 fully saturated rings. The van der Waals surface area contributed by atoms with Crippen molar-refractivity contribution in [2.45, 2.75) is 25.8 Å². The molecule has 0 spiro atoms. The summed E-state index contributed by atoms with van der Waals surface area (Å²) >= 11 is 0.